The second-order valence-corrected chi connectivity index (χ2v) is 3.94. The number of hydrogen-bond acceptors (Lipinski definition) is 3. The molecule has 1 N–H and O–H groups in total. The van der Waals surface area contributed by atoms with Gasteiger partial charge in [-0.3, -0.25) is 9.59 Å². The number of carbonyl (C=O) groups is 2. The van der Waals surface area contributed by atoms with Crippen LogP contribution in [0.25, 0.3) is 0 Å². The Morgan fingerprint density at radius 1 is 1.19 bits per heavy atom. The smallest absolute Gasteiger partial charge is 0.306 e. The van der Waals surface area contributed by atoms with Crippen molar-refractivity contribution >= 4 is 11.9 Å². The molecule has 1 atom stereocenters. The van der Waals surface area contributed by atoms with Crippen molar-refractivity contribution < 1.29 is 19.4 Å². The zero-order chi connectivity index (χ0) is 12.4. The first-order valence-electron chi connectivity index (χ1n) is 6.00. The molecule has 4 heteroatoms. The average molecular weight is 230 g/mol. The summed E-state index contributed by atoms with van der Waals surface area (Å²) < 4.78 is 4.89. The van der Waals surface area contributed by atoms with E-state index in [0.29, 0.717) is 19.4 Å². The van der Waals surface area contributed by atoms with Crippen molar-refractivity contribution in [3.05, 3.63) is 0 Å². The lowest BCUT2D eigenvalue weighted by molar-refractivity contribution is -0.145. The largest absolute Gasteiger partial charge is 0.481 e. The minimum atomic E-state index is -0.809. The number of carboxylic acids is 1. The van der Waals surface area contributed by atoms with Crippen LogP contribution in [0.3, 0.4) is 0 Å². The van der Waals surface area contributed by atoms with E-state index in [1.54, 1.807) is 0 Å². The van der Waals surface area contributed by atoms with Crippen molar-refractivity contribution in [1.82, 2.24) is 0 Å². The molecule has 0 fully saturated rings. The topological polar surface area (TPSA) is 63.6 Å². The zero-order valence-electron chi connectivity index (χ0n) is 10.2. The van der Waals surface area contributed by atoms with Crippen molar-refractivity contribution in [1.29, 1.82) is 0 Å². The molecule has 0 aliphatic carbocycles. The summed E-state index contributed by atoms with van der Waals surface area (Å²) in [5.74, 6) is -1.50. The molecular formula is C12H22O4. The van der Waals surface area contributed by atoms with Gasteiger partial charge in [0.05, 0.1) is 12.5 Å². The van der Waals surface area contributed by atoms with Crippen LogP contribution in [0.2, 0.25) is 0 Å². The number of unbranched alkanes of at least 4 members (excludes halogenated alkanes) is 1. The Balaban J connectivity index is 3.82. The van der Waals surface area contributed by atoms with Gasteiger partial charge in [0.1, 0.15) is 0 Å². The molecule has 0 spiro atoms. The van der Waals surface area contributed by atoms with Crippen LogP contribution in [0.15, 0.2) is 0 Å². The molecule has 0 aromatic carbocycles. The van der Waals surface area contributed by atoms with Crippen LogP contribution in [0.4, 0.5) is 0 Å². The van der Waals surface area contributed by atoms with Gasteiger partial charge < -0.3 is 9.84 Å². The van der Waals surface area contributed by atoms with E-state index in [9.17, 15) is 9.59 Å². The van der Waals surface area contributed by atoms with Crippen molar-refractivity contribution in [2.45, 2.75) is 52.4 Å². The van der Waals surface area contributed by atoms with Crippen LogP contribution in [0, 0.1) is 5.92 Å². The molecule has 0 saturated carbocycles. The molecule has 0 aliphatic rings. The third kappa shape index (κ3) is 7.26. The molecule has 0 radical (unpaired) electrons. The molecule has 0 aromatic rings. The highest BCUT2D eigenvalue weighted by Gasteiger charge is 2.18. The summed E-state index contributed by atoms with van der Waals surface area (Å²) in [5.41, 5.74) is 0. The van der Waals surface area contributed by atoms with Crippen LogP contribution in [0.1, 0.15) is 52.4 Å². The van der Waals surface area contributed by atoms with E-state index in [4.69, 9.17) is 9.84 Å². The lowest BCUT2D eigenvalue weighted by atomic mass is 9.97. The Kier molecular flexibility index (Phi) is 8.58. The normalized spacial score (nSPS) is 12.1. The number of carbonyl (C=O) groups excluding carboxylic acids is 1. The predicted octanol–water partition coefficient (Wildman–Crippen LogP) is 2.61. The fourth-order valence-corrected chi connectivity index (χ4v) is 1.42. The highest BCUT2D eigenvalue weighted by Crippen LogP contribution is 2.15. The van der Waals surface area contributed by atoms with Crippen LogP contribution in [-0.4, -0.2) is 23.7 Å². The number of rotatable bonds is 9. The molecule has 0 saturated heterocycles. The summed E-state index contributed by atoms with van der Waals surface area (Å²) >= 11 is 0. The predicted molar refractivity (Wildman–Crippen MR) is 61.1 cm³/mol. The Labute approximate surface area is 97.0 Å². The van der Waals surface area contributed by atoms with Crippen LogP contribution in [0.5, 0.6) is 0 Å². The molecule has 16 heavy (non-hydrogen) atoms. The van der Waals surface area contributed by atoms with E-state index in [0.717, 1.165) is 19.3 Å². The first-order valence-corrected chi connectivity index (χ1v) is 6.00. The van der Waals surface area contributed by atoms with E-state index >= 15 is 0 Å². The maximum atomic E-state index is 11.2. The number of aliphatic carboxylic acids is 1. The Hall–Kier alpha value is -1.06. The third-order valence-electron chi connectivity index (χ3n) is 2.42. The van der Waals surface area contributed by atoms with E-state index in [-0.39, 0.29) is 12.4 Å². The molecule has 0 bridgehead atoms. The van der Waals surface area contributed by atoms with E-state index in [1.807, 2.05) is 13.8 Å². The van der Waals surface area contributed by atoms with E-state index in [2.05, 4.69) is 0 Å². The molecule has 1 unspecified atom stereocenters. The molecular weight excluding hydrogens is 208 g/mol. The van der Waals surface area contributed by atoms with Gasteiger partial charge in [-0.2, -0.15) is 0 Å². The Morgan fingerprint density at radius 2 is 1.88 bits per heavy atom. The monoisotopic (exact) mass is 230 g/mol. The lowest BCUT2D eigenvalue weighted by Gasteiger charge is -2.10. The maximum absolute atomic E-state index is 11.2. The van der Waals surface area contributed by atoms with Crippen molar-refractivity contribution in [2.24, 2.45) is 5.92 Å². The molecule has 94 valence electrons. The van der Waals surface area contributed by atoms with Gasteiger partial charge in [0.25, 0.3) is 0 Å². The SMILES string of the molecule is CCCCC(CCC(=O)OCCC)C(=O)O. The van der Waals surface area contributed by atoms with Gasteiger partial charge in [0, 0.05) is 6.42 Å². The summed E-state index contributed by atoms with van der Waals surface area (Å²) in [6.45, 7) is 4.37. The maximum Gasteiger partial charge on any atom is 0.306 e. The van der Waals surface area contributed by atoms with Crippen LogP contribution >= 0.6 is 0 Å². The summed E-state index contributed by atoms with van der Waals surface area (Å²) in [4.78, 5) is 22.1. The number of carboxylic acid groups (broad SMARTS) is 1. The molecule has 0 amide bonds. The average Bonchev–Trinajstić information content (AvgIpc) is 2.25. The quantitative estimate of drug-likeness (QED) is 0.618. The molecule has 4 nitrogen and oxygen atoms in total. The van der Waals surface area contributed by atoms with Crippen LogP contribution < -0.4 is 0 Å². The third-order valence-corrected chi connectivity index (χ3v) is 2.42. The summed E-state index contributed by atoms with van der Waals surface area (Å²) in [5, 5.41) is 8.94. The number of esters is 1. The van der Waals surface area contributed by atoms with Crippen LogP contribution in [-0.2, 0) is 14.3 Å². The molecule has 0 rings (SSSR count). The number of hydrogen-bond donors (Lipinski definition) is 1. The highest BCUT2D eigenvalue weighted by atomic mass is 16.5. The van der Waals surface area contributed by atoms with Gasteiger partial charge in [-0.25, -0.2) is 0 Å². The summed E-state index contributed by atoms with van der Waals surface area (Å²) in [6, 6.07) is 0. The molecule has 0 aromatic heterocycles. The summed E-state index contributed by atoms with van der Waals surface area (Å²) in [6.07, 6.45) is 3.90. The molecule has 0 heterocycles. The van der Waals surface area contributed by atoms with Gasteiger partial charge in [0.15, 0.2) is 0 Å². The van der Waals surface area contributed by atoms with E-state index < -0.39 is 11.9 Å². The van der Waals surface area contributed by atoms with Gasteiger partial charge in [-0.15, -0.1) is 0 Å². The van der Waals surface area contributed by atoms with Gasteiger partial charge in [-0.1, -0.05) is 26.7 Å². The number of ether oxygens (including phenoxy) is 1. The summed E-state index contributed by atoms with van der Waals surface area (Å²) in [7, 11) is 0. The Bertz CT molecular complexity index is 213. The standard InChI is InChI=1S/C12H22O4/c1-3-5-6-10(12(14)15)7-8-11(13)16-9-4-2/h10H,3-9H2,1-2H3,(H,14,15). The van der Waals surface area contributed by atoms with Gasteiger partial charge in [-0.05, 0) is 19.3 Å². The second kappa shape index (κ2) is 9.19. The van der Waals surface area contributed by atoms with Crippen molar-refractivity contribution in [3.8, 4) is 0 Å². The second-order valence-electron chi connectivity index (χ2n) is 3.94. The van der Waals surface area contributed by atoms with Crippen molar-refractivity contribution in [2.75, 3.05) is 6.61 Å². The van der Waals surface area contributed by atoms with Gasteiger partial charge in [0.2, 0.25) is 0 Å². The fourth-order valence-electron chi connectivity index (χ4n) is 1.42. The zero-order valence-corrected chi connectivity index (χ0v) is 10.2. The highest BCUT2D eigenvalue weighted by molar-refractivity contribution is 5.73. The molecule has 0 aliphatic heterocycles. The van der Waals surface area contributed by atoms with E-state index in [1.165, 1.54) is 0 Å². The fraction of sp³-hybridized carbons (Fsp3) is 0.833. The Morgan fingerprint density at radius 3 is 2.38 bits per heavy atom. The minimum Gasteiger partial charge on any atom is -0.481 e. The van der Waals surface area contributed by atoms with Crippen molar-refractivity contribution in [3.63, 3.8) is 0 Å². The van der Waals surface area contributed by atoms with Gasteiger partial charge >= 0.3 is 11.9 Å². The first kappa shape index (κ1) is 14.9. The minimum absolute atomic E-state index is 0.209. The first-order chi connectivity index (χ1) is 7.61. The lowest BCUT2D eigenvalue weighted by Crippen LogP contribution is -2.16.